The second-order valence-corrected chi connectivity index (χ2v) is 10.5. The first kappa shape index (κ1) is 24.0. The van der Waals surface area contributed by atoms with Crippen molar-refractivity contribution in [2.75, 3.05) is 6.61 Å². The third kappa shape index (κ3) is 4.01. The van der Waals surface area contributed by atoms with E-state index in [4.69, 9.17) is 14.2 Å². The molecule has 0 amide bonds. The molecule has 7 atom stereocenters. The van der Waals surface area contributed by atoms with Gasteiger partial charge in [-0.3, -0.25) is 0 Å². The van der Waals surface area contributed by atoms with Gasteiger partial charge in [-0.05, 0) is 55.6 Å². The van der Waals surface area contributed by atoms with Crippen LogP contribution >= 0.6 is 0 Å². The van der Waals surface area contributed by atoms with Crippen LogP contribution in [0.1, 0.15) is 59.4 Å². The number of aliphatic hydroxyl groups excluding tert-OH is 1. The molecule has 6 heteroatoms. The molecule has 0 radical (unpaired) electrons. The van der Waals surface area contributed by atoms with Gasteiger partial charge in [0.25, 0.3) is 0 Å². The van der Waals surface area contributed by atoms with Crippen LogP contribution in [0.15, 0.2) is 36.4 Å². The van der Waals surface area contributed by atoms with Crippen LogP contribution in [-0.2, 0) is 23.8 Å². The number of ether oxygens (including phenoxy) is 3. The van der Waals surface area contributed by atoms with Gasteiger partial charge in [0.05, 0.1) is 0 Å². The fourth-order valence-corrected chi connectivity index (χ4v) is 6.56. The summed E-state index contributed by atoms with van der Waals surface area (Å²) in [6, 6.07) is 9.77. The zero-order chi connectivity index (χ0) is 24.0. The quantitative estimate of drug-likeness (QED) is 0.511. The number of benzene rings is 1. The predicted octanol–water partition coefficient (Wildman–Crippen LogP) is 4.16. The third-order valence-corrected chi connectivity index (χ3v) is 8.36. The Morgan fingerprint density at radius 1 is 1.21 bits per heavy atom. The lowest BCUT2D eigenvalue weighted by molar-refractivity contribution is -0.264. The lowest BCUT2D eigenvalue weighted by Gasteiger charge is -2.52. The Bertz CT molecular complexity index is 924. The lowest BCUT2D eigenvalue weighted by atomic mass is 9.69. The van der Waals surface area contributed by atoms with Crippen molar-refractivity contribution >= 4 is 17.5 Å². The van der Waals surface area contributed by atoms with Crippen LogP contribution in [0.2, 0.25) is 0 Å². The molecule has 4 rings (SSSR count). The monoisotopic (exact) mass is 456 g/mol. The largest absolute Gasteiger partial charge is 0.457 e. The molecular weight excluding hydrogens is 420 g/mol. The van der Waals surface area contributed by atoms with E-state index < -0.39 is 36.0 Å². The van der Waals surface area contributed by atoms with Crippen molar-refractivity contribution in [1.29, 1.82) is 0 Å². The van der Waals surface area contributed by atoms with E-state index in [2.05, 4.69) is 20.8 Å². The van der Waals surface area contributed by atoms with E-state index in [-0.39, 0.29) is 23.7 Å². The second kappa shape index (κ2) is 8.88. The topological polar surface area (TPSA) is 82.1 Å². The minimum Gasteiger partial charge on any atom is -0.457 e. The molecule has 2 aliphatic heterocycles. The highest BCUT2D eigenvalue weighted by Crippen LogP contribution is 2.63. The summed E-state index contributed by atoms with van der Waals surface area (Å²) in [7, 11) is 0. The molecule has 1 aliphatic carbocycles. The fourth-order valence-electron chi connectivity index (χ4n) is 6.56. The average Bonchev–Trinajstić information content (AvgIpc) is 3.30. The maximum atomic E-state index is 13.1. The number of hydrogen-bond donors (Lipinski definition) is 1. The molecule has 6 nitrogen and oxygen atoms in total. The number of allylic oxidation sites excluding steroid dienone is 1. The van der Waals surface area contributed by atoms with Gasteiger partial charge in [0.1, 0.15) is 30.0 Å². The van der Waals surface area contributed by atoms with Crippen LogP contribution in [0.3, 0.4) is 0 Å². The molecule has 180 valence electrons. The molecule has 3 fully saturated rings. The van der Waals surface area contributed by atoms with Gasteiger partial charge in [-0.1, -0.05) is 51.1 Å². The van der Waals surface area contributed by atoms with E-state index in [9.17, 15) is 14.7 Å². The summed E-state index contributed by atoms with van der Waals surface area (Å²) in [6.45, 7) is 9.63. The van der Waals surface area contributed by atoms with Crippen LogP contribution in [0, 0.1) is 23.7 Å². The zero-order valence-corrected chi connectivity index (χ0v) is 20.2. The van der Waals surface area contributed by atoms with E-state index in [1.165, 1.54) is 0 Å². The van der Waals surface area contributed by atoms with Gasteiger partial charge in [-0.25, -0.2) is 9.59 Å². The summed E-state index contributed by atoms with van der Waals surface area (Å²) >= 11 is 0. The first-order valence-corrected chi connectivity index (χ1v) is 12.1. The summed E-state index contributed by atoms with van der Waals surface area (Å²) in [5.41, 5.74) is 0.407. The van der Waals surface area contributed by atoms with Crippen molar-refractivity contribution in [2.45, 2.75) is 77.3 Å². The maximum Gasteiger partial charge on any atom is 0.332 e. The number of carbonyl (C=O) groups is 2. The predicted molar refractivity (Wildman–Crippen MR) is 124 cm³/mol. The molecule has 2 saturated heterocycles. The van der Waals surface area contributed by atoms with Gasteiger partial charge in [0.15, 0.2) is 0 Å². The van der Waals surface area contributed by atoms with Crippen molar-refractivity contribution in [2.24, 2.45) is 23.7 Å². The number of aliphatic hydroxyl groups is 1. The minimum absolute atomic E-state index is 0.0420. The van der Waals surface area contributed by atoms with Crippen LogP contribution in [0.25, 0.3) is 5.57 Å². The van der Waals surface area contributed by atoms with Crippen molar-refractivity contribution in [3.8, 4) is 0 Å². The minimum atomic E-state index is -0.751. The molecule has 3 aliphatic rings. The maximum absolute atomic E-state index is 13.1. The van der Waals surface area contributed by atoms with Gasteiger partial charge in [-0.15, -0.1) is 0 Å². The summed E-state index contributed by atoms with van der Waals surface area (Å²) in [5, 5.41) is 9.28. The van der Waals surface area contributed by atoms with Crippen LogP contribution in [0.5, 0.6) is 0 Å². The summed E-state index contributed by atoms with van der Waals surface area (Å²) in [5.74, 6) is -0.383. The van der Waals surface area contributed by atoms with Crippen molar-refractivity contribution < 1.29 is 28.9 Å². The first-order valence-electron chi connectivity index (χ1n) is 12.1. The first-order chi connectivity index (χ1) is 15.6. The molecule has 2 heterocycles. The molecule has 0 aromatic heterocycles. The number of fused-ring (bicyclic) bond motifs is 4. The fraction of sp³-hybridized carbons (Fsp3) is 0.630. The zero-order valence-electron chi connectivity index (χ0n) is 20.2. The Balaban J connectivity index is 1.68. The summed E-state index contributed by atoms with van der Waals surface area (Å²) in [6.07, 6.45) is 3.03. The van der Waals surface area contributed by atoms with Gasteiger partial charge in [0, 0.05) is 18.4 Å². The normalized spacial score (nSPS) is 37.7. The second-order valence-electron chi connectivity index (χ2n) is 10.5. The summed E-state index contributed by atoms with van der Waals surface area (Å²) in [4.78, 5) is 25.2. The van der Waals surface area contributed by atoms with Gasteiger partial charge < -0.3 is 19.3 Å². The molecular formula is C27H36O6. The van der Waals surface area contributed by atoms with Gasteiger partial charge in [0.2, 0.25) is 0 Å². The Kier molecular flexibility index (Phi) is 6.45. The van der Waals surface area contributed by atoms with Crippen LogP contribution in [0.4, 0.5) is 0 Å². The molecule has 0 spiro atoms. The highest BCUT2D eigenvalue weighted by atomic mass is 16.6. The molecule has 1 aromatic rings. The van der Waals surface area contributed by atoms with E-state index in [0.717, 1.165) is 24.0 Å². The lowest BCUT2D eigenvalue weighted by Crippen LogP contribution is -2.62. The van der Waals surface area contributed by atoms with Gasteiger partial charge in [-0.2, -0.15) is 0 Å². The Hall–Kier alpha value is -2.18. The van der Waals surface area contributed by atoms with Gasteiger partial charge >= 0.3 is 11.9 Å². The van der Waals surface area contributed by atoms with Crippen LogP contribution < -0.4 is 0 Å². The SMILES string of the molecule is C/C(=C\C(=O)O[C@H]1[C@@H]2[C@H](C)CC[C@H]2[C@]2(C)O[C@@]1(C(C)C)C[C@H]2OC(=O)CO)c1ccccc1. The third-order valence-electron chi connectivity index (χ3n) is 8.36. The Morgan fingerprint density at radius 3 is 2.55 bits per heavy atom. The highest BCUT2D eigenvalue weighted by Gasteiger charge is 2.72. The highest BCUT2D eigenvalue weighted by molar-refractivity contribution is 5.91. The Labute approximate surface area is 196 Å². The van der Waals surface area contributed by atoms with Crippen molar-refractivity contribution in [1.82, 2.24) is 0 Å². The molecule has 0 unspecified atom stereocenters. The standard InChI is InChI=1S/C27H36O6/c1-16(2)27-14-21(31-23(30)15-28)26(5,33-27)20-12-11-17(3)24(20)25(27)32-22(29)13-18(4)19-9-7-6-8-10-19/h6-10,13,16-17,20-21,24-25,28H,11-12,14-15H2,1-5H3/b18-13+/t17-,20-,21-,24-,25+,26+,27-/m1/s1. The number of rotatable bonds is 6. The molecule has 1 saturated carbocycles. The molecule has 33 heavy (non-hydrogen) atoms. The number of carbonyl (C=O) groups excluding carboxylic acids is 2. The molecule has 2 bridgehead atoms. The molecule has 1 N–H and O–H groups in total. The van der Waals surface area contributed by atoms with Crippen molar-refractivity contribution in [3.63, 3.8) is 0 Å². The van der Waals surface area contributed by atoms with Crippen LogP contribution in [-0.4, -0.2) is 47.1 Å². The van der Waals surface area contributed by atoms with E-state index in [0.29, 0.717) is 12.3 Å². The van der Waals surface area contributed by atoms with E-state index >= 15 is 0 Å². The van der Waals surface area contributed by atoms with E-state index in [1.54, 1.807) is 6.08 Å². The smallest absolute Gasteiger partial charge is 0.332 e. The average molecular weight is 457 g/mol. The Morgan fingerprint density at radius 2 is 1.91 bits per heavy atom. The van der Waals surface area contributed by atoms with Crippen molar-refractivity contribution in [3.05, 3.63) is 42.0 Å². The van der Waals surface area contributed by atoms with E-state index in [1.807, 2.05) is 44.2 Å². The molecule has 1 aromatic carbocycles. The number of esters is 2. The summed E-state index contributed by atoms with van der Waals surface area (Å²) < 4.78 is 18.8. The number of hydrogen-bond acceptors (Lipinski definition) is 6.